The number of esters is 1. The van der Waals surface area contributed by atoms with Crippen LogP contribution in [0.15, 0.2) is 0 Å². The molecule has 2 nitrogen and oxygen atoms in total. The molecule has 21 heavy (non-hydrogen) atoms. The molecule has 1 rings (SSSR count). The molecule has 1 aliphatic carbocycles. The van der Waals surface area contributed by atoms with E-state index in [1.54, 1.807) is 0 Å². The van der Waals surface area contributed by atoms with Gasteiger partial charge in [0.2, 0.25) is 0 Å². The van der Waals surface area contributed by atoms with Crippen molar-refractivity contribution < 1.29 is 9.53 Å². The SMILES string of the molecule is CCC(C)(CC(C)C)C(=O)OC1CCC(C(C)(C)C)CC1. The zero-order valence-electron chi connectivity index (χ0n) is 15.3. The van der Waals surface area contributed by atoms with Crippen LogP contribution in [0.4, 0.5) is 0 Å². The van der Waals surface area contributed by atoms with E-state index in [0.717, 1.165) is 31.6 Å². The lowest BCUT2D eigenvalue weighted by Gasteiger charge is -2.38. The van der Waals surface area contributed by atoms with Crippen molar-refractivity contribution in [2.24, 2.45) is 22.7 Å². The second kappa shape index (κ2) is 7.15. The minimum Gasteiger partial charge on any atom is -0.462 e. The highest BCUT2D eigenvalue weighted by Crippen LogP contribution is 2.39. The Labute approximate surface area is 132 Å². The molecule has 1 unspecified atom stereocenters. The summed E-state index contributed by atoms with van der Waals surface area (Å²) < 4.78 is 5.87. The van der Waals surface area contributed by atoms with Gasteiger partial charge in [-0.2, -0.15) is 0 Å². The lowest BCUT2D eigenvalue weighted by Crippen LogP contribution is -2.36. The van der Waals surface area contributed by atoms with Crippen LogP contribution in [0.1, 0.15) is 87.0 Å². The quantitative estimate of drug-likeness (QED) is 0.617. The minimum atomic E-state index is -0.310. The number of carbonyl (C=O) groups is 1. The van der Waals surface area contributed by atoms with Crippen LogP contribution in [-0.4, -0.2) is 12.1 Å². The zero-order valence-corrected chi connectivity index (χ0v) is 15.3. The summed E-state index contributed by atoms with van der Waals surface area (Å²) in [5, 5.41) is 0. The summed E-state index contributed by atoms with van der Waals surface area (Å²) in [6, 6.07) is 0. The van der Waals surface area contributed by atoms with Crippen LogP contribution in [0.25, 0.3) is 0 Å². The Balaban J connectivity index is 2.53. The van der Waals surface area contributed by atoms with Crippen LogP contribution < -0.4 is 0 Å². The maximum atomic E-state index is 12.6. The molecular formula is C19H36O2. The topological polar surface area (TPSA) is 26.3 Å². The molecule has 2 heteroatoms. The maximum Gasteiger partial charge on any atom is 0.312 e. The van der Waals surface area contributed by atoms with E-state index in [9.17, 15) is 4.79 Å². The molecule has 0 amide bonds. The molecule has 0 bridgehead atoms. The van der Waals surface area contributed by atoms with Crippen molar-refractivity contribution in [1.29, 1.82) is 0 Å². The second-order valence-electron chi connectivity index (χ2n) is 8.76. The Morgan fingerprint density at radius 3 is 2.00 bits per heavy atom. The molecule has 0 aromatic rings. The first-order chi connectivity index (χ1) is 9.58. The van der Waals surface area contributed by atoms with Gasteiger partial charge in [0.1, 0.15) is 6.10 Å². The first kappa shape index (κ1) is 18.5. The predicted octanol–water partition coefficient (Wildman–Crippen LogP) is 5.60. The monoisotopic (exact) mass is 296 g/mol. The Kier molecular flexibility index (Phi) is 6.31. The highest BCUT2D eigenvalue weighted by molar-refractivity contribution is 5.76. The van der Waals surface area contributed by atoms with Gasteiger partial charge < -0.3 is 4.74 Å². The molecule has 1 saturated carbocycles. The van der Waals surface area contributed by atoms with Gasteiger partial charge >= 0.3 is 5.97 Å². The van der Waals surface area contributed by atoms with Crippen molar-refractivity contribution in [3.63, 3.8) is 0 Å². The molecular weight excluding hydrogens is 260 g/mol. The summed E-state index contributed by atoms with van der Waals surface area (Å²) in [5.74, 6) is 1.32. The molecule has 1 fully saturated rings. The van der Waals surface area contributed by atoms with E-state index < -0.39 is 0 Å². The fourth-order valence-corrected chi connectivity index (χ4v) is 3.61. The predicted molar refractivity (Wildman–Crippen MR) is 89.1 cm³/mol. The van der Waals surface area contributed by atoms with E-state index >= 15 is 0 Å². The van der Waals surface area contributed by atoms with E-state index in [2.05, 4.69) is 48.5 Å². The number of ether oxygens (including phenoxy) is 1. The van der Waals surface area contributed by atoms with Gasteiger partial charge in [0, 0.05) is 0 Å². The molecule has 124 valence electrons. The van der Waals surface area contributed by atoms with Crippen LogP contribution in [0.3, 0.4) is 0 Å². The van der Waals surface area contributed by atoms with Gasteiger partial charge in [-0.15, -0.1) is 0 Å². The smallest absolute Gasteiger partial charge is 0.312 e. The summed E-state index contributed by atoms with van der Waals surface area (Å²) >= 11 is 0. The van der Waals surface area contributed by atoms with Crippen molar-refractivity contribution >= 4 is 5.97 Å². The van der Waals surface area contributed by atoms with Gasteiger partial charge in [0.05, 0.1) is 5.41 Å². The maximum absolute atomic E-state index is 12.6. The van der Waals surface area contributed by atoms with Gasteiger partial charge in [-0.3, -0.25) is 4.79 Å². The molecule has 0 N–H and O–H groups in total. The molecule has 0 spiro atoms. The molecule has 0 heterocycles. The summed E-state index contributed by atoms with van der Waals surface area (Å²) in [4.78, 5) is 12.6. The van der Waals surface area contributed by atoms with Crippen molar-refractivity contribution in [1.82, 2.24) is 0 Å². The summed E-state index contributed by atoms with van der Waals surface area (Å²) in [6.07, 6.45) is 6.38. The summed E-state index contributed by atoms with van der Waals surface area (Å²) in [5.41, 5.74) is 0.0690. The highest BCUT2D eigenvalue weighted by Gasteiger charge is 2.37. The standard InChI is InChI=1S/C19H36O2/c1-8-19(7,13-14(2)3)17(20)21-16-11-9-15(10-12-16)18(4,5)6/h14-16H,8-13H2,1-7H3. The average Bonchev–Trinajstić information content (AvgIpc) is 2.37. The Morgan fingerprint density at radius 2 is 1.62 bits per heavy atom. The van der Waals surface area contributed by atoms with Gasteiger partial charge in [-0.05, 0) is 62.7 Å². The van der Waals surface area contributed by atoms with Crippen molar-refractivity contribution in [3.8, 4) is 0 Å². The first-order valence-corrected chi connectivity index (χ1v) is 8.79. The van der Waals surface area contributed by atoms with E-state index in [1.807, 2.05) is 0 Å². The van der Waals surface area contributed by atoms with Gasteiger partial charge in [-0.1, -0.05) is 41.5 Å². The Morgan fingerprint density at radius 1 is 1.10 bits per heavy atom. The molecule has 0 saturated heterocycles. The minimum absolute atomic E-state index is 0.0258. The van der Waals surface area contributed by atoms with Crippen LogP contribution >= 0.6 is 0 Å². The lowest BCUT2D eigenvalue weighted by atomic mass is 9.72. The van der Waals surface area contributed by atoms with Crippen LogP contribution in [0, 0.1) is 22.7 Å². The number of carbonyl (C=O) groups excluding carboxylic acids is 1. The third-order valence-electron chi connectivity index (χ3n) is 5.30. The molecule has 0 aliphatic heterocycles. The second-order valence-corrected chi connectivity index (χ2v) is 8.76. The molecule has 0 radical (unpaired) electrons. The van der Waals surface area contributed by atoms with E-state index in [-0.39, 0.29) is 17.5 Å². The summed E-state index contributed by atoms with van der Waals surface area (Å²) in [7, 11) is 0. The van der Waals surface area contributed by atoms with Crippen molar-refractivity contribution in [2.45, 2.75) is 93.1 Å². The molecule has 0 aromatic carbocycles. The third-order valence-corrected chi connectivity index (χ3v) is 5.30. The number of hydrogen-bond donors (Lipinski definition) is 0. The normalized spacial score (nSPS) is 26.5. The fourth-order valence-electron chi connectivity index (χ4n) is 3.61. The van der Waals surface area contributed by atoms with Crippen LogP contribution in [0.2, 0.25) is 0 Å². The zero-order chi connectivity index (χ0) is 16.3. The summed E-state index contributed by atoms with van der Waals surface area (Å²) in [6.45, 7) is 15.5. The number of hydrogen-bond acceptors (Lipinski definition) is 2. The van der Waals surface area contributed by atoms with E-state index in [4.69, 9.17) is 4.74 Å². The van der Waals surface area contributed by atoms with Crippen LogP contribution in [-0.2, 0) is 9.53 Å². The average molecular weight is 296 g/mol. The van der Waals surface area contributed by atoms with E-state index in [1.165, 1.54) is 12.8 Å². The third kappa shape index (κ3) is 5.30. The Bertz CT molecular complexity index is 332. The first-order valence-electron chi connectivity index (χ1n) is 8.79. The molecule has 1 aliphatic rings. The van der Waals surface area contributed by atoms with Crippen LogP contribution in [0.5, 0.6) is 0 Å². The lowest BCUT2D eigenvalue weighted by molar-refractivity contribution is -0.164. The van der Waals surface area contributed by atoms with Gasteiger partial charge in [0.15, 0.2) is 0 Å². The largest absolute Gasteiger partial charge is 0.462 e. The molecule has 0 aromatic heterocycles. The van der Waals surface area contributed by atoms with Crippen molar-refractivity contribution in [2.75, 3.05) is 0 Å². The Hall–Kier alpha value is -0.530. The highest BCUT2D eigenvalue weighted by atomic mass is 16.5. The van der Waals surface area contributed by atoms with Gasteiger partial charge in [-0.25, -0.2) is 0 Å². The fraction of sp³-hybridized carbons (Fsp3) is 0.947. The van der Waals surface area contributed by atoms with E-state index in [0.29, 0.717) is 11.3 Å². The molecule has 1 atom stereocenters. The van der Waals surface area contributed by atoms with Gasteiger partial charge in [0.25, 0.3) is 0 Å². The number of rotatable bonds is 5. The van der Waals surface area contributed by atoms with Crippen molar-refractivity contribution in [3.05, 3.63) is 0 Å².